The summed E-state index contributed by atoms with van der Waals surface area (Å²) in [6.07, 6.45) is 1.75. The van der Waals surface area contributed by atoms with E-state index in [1.165, 1.54) is 19.3 Å². The van der Waals surface area contributed by atoms with Crippen molar-refractivity contribution in [1.29, 1.82) is 0 Å². The van der Waals surface area contributed by atoms with Gasteiger partial charge in [0.2, 0.25) is 5.91 Å². The number of methoxy groups -OCH3 is 1. The number of halogens is 1. The monoisotopic (exact) mass is 567 g/mol. The lowest BCUT2D eigenvalue weighted by Gasteiger charge is -2.27. The first kappa shape index (κ1) is 27.8. The van der Waals surface area contributed by atoms with Crippen LogP contribution in [0.4, 0.5) is 21.9 Å². The van der Waals surface area contributed by atoms with Crippen LogP contribution in [0.5, 0.6) is 5.75 Å². The maximum Gasteiger partial charge on any atom is 0.412 e. The van der Waals surface area contributed by atoms with Gasteiger partial charge in [0.15, 0.2) is 6.10 Å². The van der Waals surface area contributed by atoms with Crippen LogP contribution in [-0.4, -0.2) is 30.3 Å². The van der Waals surface area contributed by atoms with Crippen molar-refractivity contribution in [2.45, 2.75) is 32.0 Å². The molecule has 5 N–H and O–H groups in total. The number of amides is 2. The van der Waals surface area contributed by atoms with Crippen LogP contribution in [0, 0.1) is 6.92 Å². The van der Waals surface area contributed by atoms with Crippen LogP contribution in [0.3, 0.4) is 0 Å². The number of phenols is 1. The molecule has 0 bridgehead atoms. The molecule has 0 fully saturated rings. The number of hydrogen-bond acceptors (Lipinski definition) is 6. The minimum Gasteiger partial charge on any atom is -0.508 e. The standard InChI is InChI=1S/C28H30BrN3O5/c1-18-11-14-20(15-12-18)31-28(35)37-27(21-17-19(29)13-16-24(21)33)25(36-2)9-5-6-10-26(34)32-23-8-4-3-7-22(23)30/h3-4,6-8,10-17,25,27,33H,5,9,30H2,1-2H3,(H,31,35)(H,32,34)/b10-6+/t25-,27-/m0/s1. The summed E-state index contributed by atoms with van der Waals surface area (Å²) in [4.78, 5) is 25.0. The number of benzene rings is 3. The Morgan fingerprint density at radius 3 is 2.51 bits per heavy atom. The van der Waals surface area contributed by atoms with Gasteiger partial charge in [-0.05, 0) is 68.3 Å². The summed E-state index contributed by atoms with van der Waals surface area (Å²) in [5, 5.41) is 16.0. The number of carbonyl (C=O) groups is 2. The van der Waals surface area contributed by atoms with E-state index in [9.17, 15) is 14.7 Å². The fourth-order valence-electron chi connectivity index (χ4n) is 3.62. The van der Waals surface area contributed by atoms with Gasteiger partial charge < -0.3 is 25.6 Å². The molecule has 3 rings (SSSR count). The molecule has 0 spiro atoms. The minimum absolute atomic E-state index is 0.0336. The number of para-hydroxylation sites is 2. The highest BCUT2D eigenvalue weighted by Crippen LogP contribution is 2.35. The third kappa shape index (κ3) is 8.37. The molecular formula is C28H30BrN3O5. The van der Waals surface area contributed by atoms with Gasteiger partial charge in [-0.15, -0.1) is 0 Å². The first-order valence-electron chi connectivity index (χ1n) is 11.6. The van der Waals surface area contributed by atoms with Crippen molar-refractivity contribution in [2.75, 3.05) is 23.5 Å². The summed E-state index contributed by atoms with van der Waals surface area (Å²) in [5.41, 5.74) is 8.90. The fourth-order valence-corrected chi connectivity index (χ4v) is 4.00. The highest BCUT2D eigenvalue weighted by Gasteiger charge is 2.29. The van der Waals surface area contributed by atoms with E-state index >= 15 is 0 Å². The molecule has 2 amide bonds. The van der Waals surface area contributed by atoms with E-state index in [2.05, 4.69) is 26.6 Å². The van der Waals surface area contributed by atoms with Gasteiger partial charge in [-0.1, -0.05) is 51.8 Å². The number of allylic oxidation sites excluding steroid dienone is 1. The number of phenolic OH excluding ortho intramolecular Hbond substituents is 1. The topological polar surface area (TPSA) is 123 Å². The molecule has 0 saturated carbocycles. The van der Waals surface area contributed by atoms with Crippen molar-refractivity contribution in [1.82, 2.24) is 0 Å². The average molecular weight is 568 g/mol. The van der Waals surface area contributed by atoms with E-state index < -0.39 is 18.3 Å². The number of rotatable bonds is 10. The number of anilines is 3. The largest absolute Gasteiger partial charge is 0.508 e. The normalized spacial score (nSPS) is 12.6. The van der Waals surface area contributed by atoms with Crippen molar-refractivity contribution >= 4 is 45.0 Å². The third-order valence-electron chi connectivity index (χ3n) is 5.57. The molecule has 0 aliphatic heterocycles. The number of aryl methyl sites for hydroxylation is 1. The number of nitrogens with one attached hydrogen (secondary N) is 2. The van der Waals surface area contributed by atoms with Crippen molar-refractivity contribution in [3.05, 3.63) is 94.5 Å². The molecule has 0 aromatic heterocycles. The maximum atomic E-state index is 12.8. The summed E-state index contributed by atoms with van der Waals surface area (Å²) in [6, 6.07) is 19.2. The molecule has 37 heavy (non-hydrogen) atoms. The highest BCUT2D eigenvalue weighted by atomic mass is 79.9. The molecule has 0 saturated heterocycles. The van der Waals surface area contributed by atoms with Crippen LogP contribution in [0.1, 0.15) is 30.1 Å². The van der Waals surface area contributed by atoms with Gasteiger partial charge in [0.25, 0.3) is 0 Å². The van der Waals surface area contributed by atoms with E-state index in [4.69, 9.17) is 15.2 Å². The number of nitrogens with two attached hydrogens (primary N) is 1. The summed E-state index contributed by atoms with van der Waals surface area (Å²) >= 11 is 3.40. The minimum atomic E-state index is -0.917. The zero-order valence-electron chi connectivity index (χ0n) is 20.6. The van der Waals surface area contributed by atoms with Crippen LogP contribution in [0.25, 0.3) is 0 Å². The Balaban J connectivity index is 1.69. The van der Waals surface area contributed by atoms with Crippen LogP contribution >= 0.6 is 15.9 Å². The number of carbonyl (C=O) groups excluding carboxylic acids is 2. The van der Waals surface area contributed by atoms with E-state index in [0.717, 1.165) is 5.56 Å². The zero-order valence-corrected chi connectivity index (χ0v) is 22.2. The second-order valence-corrected chi connectivity index (χ2v) is 9.27. The number of hydrogen-bond donors (Lipinski definition) is 4. The first-order chi connectivity index (χ1) is 17.8. The lowest BCUT2D eigenvalue weighted by Crippen LogP contribution is -2.28. The summed E-state index contributed by atoms with van der Waals surface area (Å²) in [6.45, 7) is 1.95. The van der Waals surface area contributed by atoms with Crippen LogP contribution in [-0.2, 0) is 14.3 Å². The Hall–Kier alpha value is -3.82. The van der Waals surface area contributed by atoms with E-state index in [1.54, 1.807) is 54.6 Å². The molecule has 2 atom stereocenters. The predicted molar refractivity (Wildman–Crippen MR) is 148 cm³/mol. The Morgan fingerprint density at radius 2 is 1.81 bits per heavy atom. The van der Waals surface area contributed by atoms with Gasteiger partial charge in [0.1, 0.15) is 5.75 Å². The molecule has 0 radical (unpaired) electrons. The molecule has 0 aliphatic carbocycles. The number of ether oxygens (including phenoxy) is 2. The van der Waals surface area contributed by atoms with E-state index in [1.807, 2.05) is 19.1 Å². The van der Waals surface area contributed by atoms with Gasteiger partial charge in [0, 0.05) is 22.8 Å². The van der Waals surface area contributed by atoms with Crippen LogP contribution < -0.4 is 16.4 Å². The van der Waals surface area contributed by atoms with Gasteiger partial charge in [0.05, 0.1) is 17.5 Å². The summed E-state index contributed by atoms with van der Waals surface area (Å²) in [5.74, 6) is -0.351. The number of nitrogen functional groups attached to an aromatic ring is 1. The van der Waals surface area contributed by atoms with Crippen LogP contribution in [0.2, 0.25) is 0 Å². The fraction of sp³-hybridized carbons (Fsp3) is 0.214. The molecule has 0 heterocycles. The summed E-state index contributed by atoms with van der Waals surface area (Å²) in [7, 11) is 1.50. The highest BCUT2D eigenvalue weighted by molar-refractivity contribution is 9.10. The molecule has 9 heteroatoms. The SMILES string of the molecule is CO[C@@H](CC/C=C/C(=O)Nc1ccccc1N)[C@@H](OC(=O)Nc1ccc(C)cc1)c1cc(Br)ccc1O. The smallest absolute Gasteiger partial charge is 0.412 e. The lowest BCUT2D eigenvalue weighted by molar-refractivity contribution is -0.111. The molecule has 3 aromatic rings. The second-order valence-electron chi connectivity index (χ2n) is 8.35. The van der Waals surface area contributed by atoms with Crippen LogP contribution in [0.15, 0.2) is 83.4 Å². The quantitative estimate of drug-likeness (QED) is 0.168. The zero-order chi connectivity index (χ0) is 26.8. The van der Waals surface area contributed by atoms with Gasteiger partial charge in [-0.3, -0.25) is 10.1 Å². The van der Waals surface area contributed by atoms with Crippen molar-refractivity contribution in [2.24, 2.45) is 0 Å². The average Bonchev–Trinajstić information content (AvgIpc) is 2.87. The Kier molecular flexibility index (Phi) is 10.1. The Labute approximate surface area is 224 Å². The molecule has 0 aliphatic rings. The van der Waals surface area contributed by atoms with Crippen molar-refractivity contribution in [3.8, 4) is 5.75 Å². The molecule has 8 nitrogen and oxygen atoms in total. The first-order valence-corrected chi connectivity index (χ1v) is 12.4. The summed E-state index contributed by atoms with van der Waals surface area (Å²) < 4.78 is 12.1. The van der Waals surface area contributed by atoms with Crippen molar-refractivity contribution in [3.63, 3.8) is 0 Å². The van der Waals surface area contributed by atoms with Crippen molar-refractivity contribution < 1.29 is 24.2 Å². The predicted octanol–water partition coefficient (Wildman–Crippen LogP) is 6.33. The van der Waals surface area contributed by atoms with E-state index in [-0.39, 0.29) is 11.7 Å². The number of aromatic hydroxyl groups is 1. The van der Waals surface area contributed by atoms with E-state index in [0.29, 0.717) is 39.9 Å². The molecular weight excluding hydrogens is 538 g/mol. The van der Waals surface area contributed by atoms with Gasteiger partial charge >= 0.3 is 6.09 Å². The van der Waals surface area contributed by atoms with Gasteiger partial charge in [-0.2, -0.15) is 0 Å². The lowest BCUT2D eigenvalue weighted by atomic mass is 9.99. The maximum absolute atomic E-state index is 12.8. The molecule has 3 aromatic carbocycles. The third-order valence-corrected chi connectivity index (χ3v) is 6.07. The molecule has 0 unspecified atom stereocenters. The Morgan fingerprint density at radius 1 is 1.08 bits per heavy atom. The second kappa shape index (κ2) is 13.5. The molecule has 194 valence electrons. The Bertz CT molecular complexity index is 1250. The van der Waals surface area contributed by atoms with Gasteiger partial charge in [-0.25, -0.2) is 4.79 Å².